The van der Waals surface area contributed by atoms with Crippen LogP contribution in [0.25, 0.3) is 0 Å². The van der Waals surface area contributed by atoms with E-state index in [2.05, 4.69) is 10.6 Å². The Balaban J connectivity index is 2.11. The molecule has 1 aromatic rings. The zero-order valence-electron chi connectivity index (χ0n) is 10.6. The van der Waals surface area contributed by atoms with E-state index in [1.807, 2.05) is 0 Å². The molecule has 0 unspecified atom stereocenters. The van der Waals surface area contributed by atoms with E-state index in [0.717, 1.165) is 12.8 Å². The maximum Gasteiger partial charge on any atom is 0.238 e. The van der Waals surface area contributed by atoms with Crippen molar-refractivity contribution in [3.63, 3.8) is 0 Å². The molecule has 0 radical (unpaired) electrons. The van der Waals surface area contributed by atoms with Gasteiger partial charge in [0.1, 0.15) is 0 Å². The summed E-state index contributed by atoms with van der Waals surface area (Å²) in [7, 11) is 0. The highest BCUT2D eigenvalue weighted by atomic mass is 35.5. The summed E-state index contributed by atoms with van der Waals surface area (Å²) in [5.41, 5.74) is 5.73. The molecule has 19 heavy (non-hydrogen) atoms. The number of carbonyl (C=O) groups is 2. The normalized spacial score (nSPS) is 10.2. The van der Waals surface area contributed by atoms with Crippen molar-refractivity contribution in [2.75, 3.05) is 18.4 Å². The highest BCUT2D eigenvalue weighted by Crippen LogP contribution is 2.12. The molecule has 1 rings (SSSR count). The Morgan fingerprint density at radius 2 is 1.84 bits per heavy atom. The topological polar surface area (TPSA) is 84.2 Å². The predicted octanol–water partition coefficient (Wildman–Crippen LogP) is 1.52. The first-order chi connectivity index (χ1) is 9.08. The van der Waals surface area contributed by atoms with E-state index in [4.69, 9.17) is 17.3 Å². The summed E-state index contributed by atoms with van der Waals surface area (Å²) >= 11 is 5.74. The number of carbonyl (C=O) groups excluding carboxylic acids is 2. The number of nitrogens with two attached hydrogens (primary N) is 1. The summed E-state index contributed by atoms with van der Waals surface area (Å²) in [6, 6.07) is 6.92. The molecular formula is C13H18ClN3O2. The van der Waals surface area contributed by atoms with E-state index < -0.39 is 0 Å². The Kier molecular flexibility index (Phi) is 6.92. The Labute approximate surface area is 117 Å². The van der Waals surface area contributed by atoms with Gasteiger partial charge in [0.15, 0.2) is 0 Å². The van der Waals surface area contributed by atoms with Crippen molar-refractivity contribution in [2.24, 2.45) is 5.73 Å². The van der Waals surface area contributed by atoms with Crippen molar-refractivity contribution < 1.29 is 9.59 Å². The maximum absolute atomic E-state index is 11.6. The van der Waals surface area contributed by atoms with Crippen LogP contribution in [0.15, 0.2) is 24.3 Å². The second-order valence-corrected chi connectivity index (χ2v) is 4.59. The second-order valence-electron chi connectivity index (χ2n) is 4.16. The van der Waals surface area contributed by atoms with Gasteiger partial charge in [-0.25, -0.2) is 0 Å². The molecule has 0 fully saturated rings. The number of unbranched alkanes of at least 4 members (excludes halogenated alkanes) is 1. The van der Waals surface area contributed by atoms with Crippen LogP contribution in [0.5, 0.6) is 0 Å². The van der Waals surface area contributed by atoms with Gasteiger partial charge in [-0.3, -0.25) is 9.59 Å². The first-order valence-corrected chi connectivity index (χ1v) is 6.50. The molecular weight excluding hydrogens is 266 g/mol. The third-order valence-corrected chi connectivity index (χ3v) is 2.69. The van der Waals surface area contributed by atoms with Crippen LogP contribution in [-0.2, 0) is 9.59 Å². The van der Waals surface area contributed by atoms with Gasteiger partial charge in [0.05, 0.1) is 6.54 Å². The fourth-order valence-corrected chi connectivity index (χ4v) is 1.62. The highest BCUT2D eigenvalue weighted by molar-refractivity contribution is 6.30. The number of nitrogens with one attached hydrogen (secondary N) is 2. The van der Waals surface area contributed by atoms with Gasteiger partial charge in [-0.15, -0.1) is 0 Å². The summed E-state index contributed by atoms with van der Waals surface area (Å²) in [6.07, 6.45) is 1.94. The second kappa shape index (κ2) is 8.50. The van der Waals surface area contributed by atoms with Crippen LogP contribution in [0.2, 0.25) is 5.02 Å². The van der Waals surface area contributed by atoms with E-state index in [1.54, 1.807) is 24.3 Å². The summed E-state index contributed by atoms with van der Waals surface area (Å²) in [4.78, 5) is 22.1. The molecule has 0 heterocycles. The van der Waals surface area contributed by atoms with Crippen molar-refractivity contribution in [2.45, 2.75) is 19.3 Å². The standard InChI is InChI=1S/C13H18ClN3O2/c14-10-4-6-11(7-5-10)17-13(19)9-16-8-2-1-3-12(15)18/h4-7,16H,1-3,8-9H2,(H2,15,18)(H,17,19). The average Bonchev–Trinajstić information content (AvgIpc) is 2.36. The van der Waals surface area contributed by atoms with Crippen LogP contribution in [0, 0.1) is 0 Å². The molecule has 0 aliphatic carbocycles. The smallest absolute Gasteiger partial charge is 0.238 e. The van der Waals surface area contributed by atoms with E-state index in [1.165, 1.54) is 0 Å². The molecule has 6 heteroatoms. The Hall–Kier alpha value is -1.59. The molecule has 1 aromatic carbocycles. The SMILES string of the molecule is NC(=O)CCCCNCC(=O)Nc1ccc(Cl)cc1. The zero-order chi connectivity index (χ0) is 14.1. The van der Waals surface area contributed by atoms with Crippen molar-refractivity contribution >= 4 is 29.1 Å². The van der Waals surface area contributed by atoms with Gasteiger partial charge in [0.2, 0.25) is 11.8 Å². The van der Waals surface area contributed by atoms with Gasteiger partial charge in [0, 0.05) is 17.1 Å². The molecule has 0 aliphatic rings. The summed E-state index contributed by atoms with van der Waals surface area (Å²) < 4.78 is 0. The van der Waals surface area contributed by atoms with Gasteiger partial charge in [-0.2, -0.15) is 0 Å². The fraction of sp³-hybridized carbons (Fsp3) is 0.385. The monoisotopic (exact) mass is 283 g/mol. The van der Waals surface area contributed by atoms with Crippen molar-refractivity contribution in [3.8, 4) is 0 Å². The van der Waals surface area contributed by atoms with Crippen LogP contribution in [0.1, 0.15) is 19.3 Å². The maximum atomic E-state index is 11.6. The lowest BCUT2D eigenvalue weighted by atomic mass is 10.2. The van der Waals surface area contributed by atoms with E-state index in [0.29, 0.717) is 23.7 Å². The molecule has 104 valence electrons. The number of halogens is 1. The van der Waals surface area contributed by atoms with Crippen molar-refractivity contribution in [1.82, 2.24) is 5.32 Å². The van der Waals surface area contributed by atoms with Crippen LogP contribution in [-0.4, -0.2) is 24.9 Å². The molecule has 0 saturated heterocycles. The van der Waals surface area contributed by atoms with Gasteiger partial charge >= 0.3 is 0 Å². The van der Waals surface area contributed by atoms with Gasteiger partial charge in [-0.1, -0.05) is 11.6 Å². The quantitative estimate of drug-likeness (QED) is 0.633. The number of benzene rings is 1. The third kappa shape index (κ3) is 7.43. The molecule has 0 saturated carbocycles. The Morgan fingerprint density at radius 1 is 1.16 bits per heavy atom. The van der Waals surface area contributed by atoms with Gasteiger partial charge in [-0.05, 0) is 43.7 Å². The molecule has 0 bridgehead atoms. The van der Waals surface area contributed by atoms with Crippen LogP contribution in [0.3, 0.4) is 0 Å². The summed E-state index contributed by atoms with van der Waals surface area (Å²) in [5.74, 6) is -0.405. The lowest BCUT2D eigenvalue weighted by Crippen LogP contribution is -2.28. The van der Waals surface area contributed by atoms with E-state index in [-0.39, 0.29) is 18.4 Å². The van der Waals surface area contributed by atoms with Crippen LogP contribution >= 0.6 is 11.6 Å². The molecule has 0 spiro atoms. The van der Waals surface area contributed by atoms with E-state index in [9.17, 15) is 9.59 Å². The number of hydrogen-bond donors (Lipinski definition) is 3. The largest absolute Gasteiger partial charge is 0.370 e. The first kappa shape index (κ1) is 15.5. The van der Waals surface area contributed by atoms with Crippen LogP contribution < -0.4 is 16.4 Å². The highest BCUT2D eigenvalue weighted by Gasteiger charge is 2.01. The number of primary amides is 1. The molecule has 5 nitrogen and oxygen atoms in total. The zero-order valence-corrected chi connectivity index (χ0v) is 11.4. The van der Waals surface area contributed by atoms with E-state index >= 15 is 0 Å². The fourth-order valence-electron chi connectivity index (χ4n) is 1.49. The van der Waals surface area contributed by atoms with Crippen molar-refractivity contribution in [3.05, 3.63) is 29.3 Å². The molecule has 2 amide bonds. The average molecular weight is 284 g/mol. The lowest BCUT2D eigenvalue weighted by molar-refractivity contribution is -0.118. The predicted molar refractivity (Wildman–Crippen MR) is 76.0 cm³/mol. The number of rotatable bonds is 8. The van der Waals surface area contributed by atoms with Gasteiger partial charge in [0.25, 0.3) is 0 Å². The number of anilines is 1. The first-order valence-electron chi connectivity index (χ1n) is 6.12. The number of hydrogen-bond acceptors (Lipinski definition) is 3. The molecule has 0 atom stereocenters. The molecule has 4 N–H and O–H groups in total. The van der Waals surface area contributed by atoms with Crippen LogP contribution in [0.4, 0.5) is 5.69 Å². The molecule has 0 aliphatic heterocycles. The van der Waals surface area contributed by atoms with Crippen molar-refractivity contribution in [1.29, 1.82) is 0 Å². The number of amides is 2. The Bertz CT molecular complexity index is 420. The lowest BCUT2D eigenvalue weighted by Gasteiger charge is -2.06. The summed E-state index contributed by atoms with van der Waals surface area (Å²) in [5, 5.41) is 6.37. The summed E-state index contributed by atoms with van der Waals surface area (Å²) in [6.45, 7) is 0.917. The van der Waals surface area contributed by atoms with Gasteiger partial charge < -0.3 is 16.4 Å². The Morgan fingerprint density at radius 3 is 2.47 bits per heavy atom. The minimum Gasteiger partial charge on any atom is -0.370 e. The molecule has 0 aromatic heterocycles. The minimum absolute atomic E-state index is 0.114. The minimum atomic E-state index is -0.291. The third-order valence-electron chi connectivity index (χ3n) is 2.44.